The van der Waals surface area contributed by atoms with Gasteiger partial charge in [0.2, 0.25) is 15.9 Å². The van der Waals surface area contributed by atoms with Crippen LogP contribution in [0.2, 0.25) is 0 Å². The minimum Gasteiger partial charge on any atom is -0.383 e. The second-order valence-corrected chi connectivity index (χ2v) is 7.01. The lowest BCUT2D eigenvalue weighted by atomic mass is 10.1. The number of amides is 1. The first-order valence-corrected chi connectivity index (χ1v) is 9.24. The molecule has 0 spiro atoms. The zero-order valence-corrected chi connectivity index (χ0v) is 14.9. The Hall–Kier alpha value is -1.44. The summed E-state index contributed by atoms with van der Waals surface area (Å²) in [5.41, 5.74) is 0.936. The average molecular weight is 342 g/mol. The molecule has 0 aromatic heterocycles. The number of carbonyl (C=O) groups excluding carboxylic acids is 1. The Morgan fingerprint density at radius 3 is 2.30 bits per heavy atom. The summed E-state index contributed by atoms with van der Waals surface area (Å²) in [6.07, 6.45) is 0.941. The summed E-state index contributed by atoms with van der Waals surface area (Å²) in [5, 5.41) is 2.75. The lowest BCUT2D eigenvalue weighted by molar-refractivity contribution is -0.121. The van der Waals surface area contributed by atoms with E-state index in [4.69, 9.17) is 4.74 Å². The van der Waals surface area contributed by atoms with Crippen LogP contribution in [0.4, 0.5) is 0 Å². The highest BCUT2D eigenvalue weighted by Gasteiger charge is 2.21. The van der Waals surface area contributed by atoms with Crippen LogP contribution in [0.25, 0.3) is 0 Å². The van der Waals surface area contributed by atoms with Crippen molar-refractivity contribution in [2.75, 3.05) is 33.4 Å². The molecule has 0 saturated heterocycles. The van der Waals surface area contributed by atoms with Crippen LogP contribution in [0.3, 0.4) is 0 Å². The summed E-state index contributed by atoms with van der Waals surface area (Å²) in [4.78, 5) is 11.9. The molecule has 1 N–H and O–H groups in total. The van der Waals surface area contributed by atoms with Crippen molar-refractivity contribution in [3.63, 3.8) is 0 Å². The number of sulfonamides is 1. The van der Waals surface area contributed by atoms with Crippen molar-refractivity contribution in [2.24, 2.45) is 0 Å². The van der Waals surface area contributed by atoms with Gasteiger partial charge in [0.25, 0.3) is 0 Å². The Kier molecular flexibility index (Phi) is 8.22. The van der Waals surface area contributed by atoms with E-state index >= 15 is 0 Å². The van der Waals surface area contributed by atoms with Crippen LogP contribution >= 0.6 is 0 Å². The minimum atomic E-state index is -3.42. The van der Waals surface area contributed by atoms with Crippen LogP contribution in [0.15, 0.2) is 29.2 Å². The van der Waals surface area contributed by atoms with Crippen molar-refractivity contribution in [1.29, 1.82) is 0 Å². The molecule has 0 aliphatic heterocycles. The van der Waals surface area contributed by atoms with Gasteiger partial charge in [0.1, 0.15) is 0 Å². The third kappa shape index (κ3) is 5.93. The molecule has 0 aliphatic rings. The zero-order chi connectivity index (χ0) is 17.3. The summed E-state index contributed by atoms with van der Waals surface area (Å²) in [5.74, 6) is -0.0399. The van der Waals surface area contributed by atoms with Crippen LogP contribution in [0, 0.1) is 0 Å². The van der Waals surface area contributed by atoms with Gasteiger partial charge in [-0.15, -0.1) is 0 Å². The number of hydrogen-bond donors (Lipinski definition) is 1. The van der Waals surface area contributed by atoms with Crippen LogP contribution in [-0.2, 0) is 26.0 Å². The van der Waals surface area contributed by atoms with E-state index < -0.39 is 10.0 Å². The summed E-state index contributed by atoms with van der Waals surface area (Å²) in [7, 11) is -1.84. The van der Waals surface area contributed by atoms with Gasteiger partial charge in [-0.1, -0.05) is 26.0 Å². The van der Waals surface area contributed by atoms with Gasteiger partial charge in [-0.05, 0) is 24.1 Å². The molecule has 0 fully saturated rings. The van der Waals surface area contributed by atoms with Gasteiger partial charge in [-0.2, -0.15) is 4.31 Å². The molecule has 6 nitrogen and oxygen atoms in total. The second kappa shape index (κ2) is 9.64. The highest BCUT2D eigenvalue weighted by atomic mass is 32.2. The summed E-state index contributed by atoms with van der Waals surface area (Å²) >= 11 is 0. The standard InChI is InChI=1S/C16H26N2O4S/c1-4-18(5-2)23(20,21)15-9-6-14(7-10-15)8-11-16(19)17-12-13-22-3/h6-7,9-10H,4-5,8,11-13H2,1-3H3,(H,17,19). The predicted octanol–water partition coefficient (Wildman–Crippen LogP) is 1.41. The van der Waals surface area contributed by atoms with Crippen LogP contribution in [0.5, 0.6) is 0 Å². The third-order valence-electron chi connectivity index (χ3n) is 3.54. The number of carbonyl (C=O) groups is 1. The number of nitrogens with one attached hydrogen (secondary N) is 1. The number of nitrogens with zero attached hydrogens (tertiary/aromatic N) is 1. The van der Waals surface area contributed by atoms with Gasteiger partial charge in [-0.25, -0.2) is 8.42 Å². The van der Waals surface area contributed by atoms with E-state index in [0.29, 0.717) is 39.1 Å². The Balaban J connectivity index is 2.62. The Labute approximate surface area is 138 Å². The summed E-state index contributed by atoms with van der Waals surface area (Å²) in [6.45, 7) is 5.51. The Bertz CT molecular complexity index is 581. The van der Waals surface area contributed by atoms with E-state index in [2.05, 4.69) is 5.32 Å². The van der Waals surface area contributed by atoms with Gasteiger partial charge >= 0.3 is 0 Å². The number of methoxy groups -OCH3 is 1. The first-order chi connectivity index (χ1) is 11.0. The van der Waals surface area contributed by atoms with Crippen molar-refractivity contribution in [1.82, 2.24) is 9.62 Å². The fourth-order valence-corrected chi connectivity index (χ4v) is 3.64. The molecule has 0 saturated carbocycles. The van der Waals surface area contributed by atoms with E-state index in [1.54, 1.807) is 31.4 Å². The average Bonchev–Trinajstić information content (AvgIpc) is 2.54. The maximum Gasteiger partial charge on any atom is 0.243 e. The van der Waals surface area contributed by atoms with Gasteiger partial charge < -0.3 is 10.1 Å². The van der Waals surface area contributed by atoms with E-state index in [9.17, 15) is 13.2 Å². The van der Waals surface area contributed by atoms with Gasteiger partial charge in [0.05, 0.1) is 11.5 Å². The maximum absolute atomic E-state index is 12.4. The molecule has 1 aromatic carbocycles. The number of ether oxygens (including phenoxy) is 1. The molecule has 1 aromatic rings. The Morgan fingerprint density at radius 1 is 1.17 bits per heavy atom. The molecule has 0 bridgehead atoms. The molecule has 0 heterocycles. The lowest BCUT2D eigenvalue weighted by Crippen LogP contribution is -2.30. The predicted molar refractivity (Wildman–Crippen MR) is 89.8 cm³/mol. The number of benzene rings is 1. The molecular formula is C16H26N2O4S. The largest absolute Gasteiger partial charge is 0.383 e. The molecule has 0 aliphatic carbocycles. The maximum atomic E-state index is 12.4. The minimum absolute atomic E-state index is 0.0399. The molecular weight excluding hydrogens is 316 g/mol. The molecule has 1 rings (SSSR count). The quantitative estimate of drug-likeness (QED) is 0.652. The molecule has 0 radical (unpaired) electrons. The number of hydrogen-bond acceptors (Lipinski definition) is 4. The van der Waals surface area contributed by atoms with E-state index in [1.807, 2.05) is 13.8 Å². The Morgan fingerprint density at radius 2 is 1.78 bits per heavy atom. The van der Waals surface area contributed by atoms with Crippen molar-refractivity contribution >= 4 is 15.9 Å². The number of rotatable bonds is 10. The van der Waals surface area contributed by atoms with Crippen molar-refractivity contribution in [3.05, 3.63) is 29.8 Å². The molecule has 7 heteroatoms. The topological polar surface area (TPSA) is 75.7 Å². The molecule has 1 amide bonds. The van der Waals surface area contributed by atoms with Crippen molar-refractivity contribution < 1.29 is 17.9 Å². The van der Waals surface area contributed by atoms with Gasteiger partial charge in [-0.3, -0.25) is 4.79 Å². The van der Waals surface area contributed by atoms with Crippen LogP contribution < -0.4 is 5.32 Å². The zero-order valence-electron chi connectivity index (χ0n) is 14.0. The molecule has 0 unspecified atom stereocenters. The first-order valence-electron chi connectivity index (χ1n) is 7.80. The van der Waals surface area contributed by atoms with Crippen LogP contribution in [-0.4, -0.2) is 52.0 Å². The van der Waals surface area contributed by atoms with E-state index in [-0.39, 0.29) is 10.8 Å². The molecule has 0 atom stereocenters. The van der Waals surface area contributed by atoms with Crippen molar-refractivity contribution in [2.45, 2.75) is 31.6 Å². The fraction of sp³-hybridized carbons (Fsp3) is 0.562. The van der Waals surface area contributed by atoms with Crippen LogP contribution in [0.1, 0.15) is 25.8 Å². The summed E-state index contributed by atoms with van der Waals surface area (Å²) in [6, 6.07) is 6.73. The van der Waals surface area contributed by atoms with Gasteiger partial charge in [0, 0.05) is 33.2 Å². The lowest BCUT2D eigenvalue weighted by Gasteiger charge is -2.18. The highest BCUT2D eigenvalue weighted by molar-refractivity contribution is 7.89. The SMILES string of the molecule is CCN(CC)S(=O)(=O)c1ccc(CCC(=O)NCCOC)cc1. The first kappa shape index (κ1) is 19.6. The normalized spacial score (nSPS) is 11.7. The highest BCUT2D eigenvalue weighted by Crippen LogP contribution is 2.16. The number of aryl methyl sites for hydroxylation is 1. The van der Waals surface area contributed by atoms with E-state index in [0.717, 1.165) is 5.56 Å². The molecule has 130 valence electrons. The smallest absolute Gasteiger partial charge is 0.243 e. The van der Waals surface area contributed by atoms with Gasteiger partial charge in [0.15, 0.2) is 0 Å². The van der Waals surface area contributed by atoms with E-state index in [1.165, 1.54) is 4.31 Å². The fourth-order valence-electron chi connectivity index (χ4n) is 2.18. The van der Waals surface area contributed by atoms with Crippen molar-refractivity contribution in [3.8, 4) is 0 Å². The third-order valence-corrected chi connectivity index (χ3v) is 5.60. The second-order valence-electron chi connectivity index (χ2n) is 5.08. The monoisotopic (exact) mass is 342 g/mol. The summed E-state index contributed by atoms with van der Waals surface area (Å²) < 4.78 is 31.0. The molecule has 23 heavy (non-hydrogen) atoms.